The lowest BCUT2D eigenvalue weighted by Crippen LogP contribution is -2.29. The maximum atomic E-state index is 5.86. The van der Waals surface area contributed by atoms with Gasteiger partial charge in [0.2, 0.25) is 0 Å². The third-order valence-corrected chi connectivity index (χ3v) is 5.08. The molecule has 2 saturated carbocycles. The monoisotopic (exact) mass is 259 g/mol. The van der Waals surface area contributed by atoms with Crippen LogP contribution in [0.2, 0.25) is 0 Å². The van der Waals surface area contributed by atoms with Gasteiger partial charge in [-0.15, -0.1) is 0 Å². The molecule has 0 aliphatic heterocycles. The standard InChI is InChI=1S/C16H25N3/c1-11(17)14-5-6-16(18-9-14)19(2)10-15-8-12-3-4-13(15)7-12/h5-6,9,11-13,15H,3-4,7-8,10,17H2,1-2H3/t11-,12?,13?,15?/m1/s1. The Labute approximate surface area is 116 Å². The van der Waals surface area contributed by atoms with Gasteiger partial charge in [-0.2, -0.15) is 0 Å². The maximum absolute atomic E-state index is 5.86. The molecule has 0 aromatic carbocycles. The third kappa shape index (κ3) is 2.62. The molecule has 1 heterocycles. The first kappa shape index (κ1) is 12.9. The van der Waals surface area contributed by atoms with Gasteiger partial charge in [0.05, 0.1) is 0 Å². The Hall–Kier alpha value is -1.09. The molecule has 19 heavy (non-hydrogen) atoms. The van der Waals surface area contributed by atoms with Crippen LogP contribution in [0.3, 0.4) is 0 Å². The van der Waals surface area contributed by atoms with Crippen molar-refractivity contribution in [3.05, 3.63) is 23.9 Å². The highest BCUT2D eigenvalue weighted by molar-refractivity contribution is 5.39. The van der Waals surface area contributed by atoms with Crippen LogP contribution in [0, 0.1) is 17.8 Å². The summed E-state index contributed by atoms with van der Waals surface area (Å²) in [5.74, 6) is 3.97. The summed E-state index contributed by atoms with van der Waals surface area (Å²) in [5, 5.41) is 0. The van der Waals surface area contributed by atoms with Crippen molar-refractivity contribution in [1.82, 2.24) is 4.98 Å². The van der Waals surface area contributed by atoms with Crippen LogP contribution in [0.15, 0.2) is 18.3 Å². The Balaban J connectivity index is 1.62. The fourth-order valence-corrected chi connectivity index (χ4v) is 3.94. The molecule has 2 bridgehead atoms. The highest BCUT2D eigenvalue weighted by Gasteiger charge is 2.39. The minimum Gasteiger partial charge on any atom is -0.359 e. The Bertz CT molecular complexity index is 426. The second-order valence-electron chi connectivity index (χ2n) is 6.55. The number of rotatable bonds is 4. The van der Waals surface area contributed by atoms with Gasteiger partial charge in [-0.1, -0.05) is 12.5 Å². The minimum absolute atomic E-state index is 0.0671. The van der Waals surface area contributed by atoms with Crippen molar-refractivity contribution >= 4 is 5.82 Å². The van der Waals surface area contributed by atoms with Crippen molar-refractivity contribution in [2.45, 2.75) is 38.6 Å². The number of hydrogen-bond donors (Lipinski definition) is 1. The summed E-state index contributed by atoms with van der Waals surface area (Å²) in [6.45, 7) is 3.15. The Morgan fingerprint density at radius 1 is 1.37 bits per heavy atom. The third-order valence-electron chi connectivity index (χ3n) is 5.08. The van der Waals surface area contributed by atoms with E-state index in [0.29, 0.717) is 0 Å². The summed E-state index contributed by atoms with van der Waals surface area (Å²) in [7, 11) is 2.17. The van der Waals surface area contributed by atoms with Gasteiger partial charge < -0.3 is 10.6 Å². The van der Waals surface area contributed by atoms with Crippen molar-refractivity contribution in [1.29, 1.82) is 0 Å². The van der Waals surface area contributed by atoms with Crippen LogP contribution in [0.4, 0.5) is 5.82 Å². The molecular weight excluding hydrogens is 234 g/mol. The van der Waals surface area contributed by atoms with Gasteiger partial charge in [0.1, 0.15) is 5.82 Å². The summed E-state index contributed by atoms with van der Waals surface area (Å²) in [6.07, 6.45) is 7.77. The number of hydrogen-bond acceptors (Lipinski definition) is 3. The smallest absolute Gasteiger partial charge is 0.128 e. The van der Waals surface area contributed by atoms with Gasteiger partial charge >= 0.3 is 0 Å². The zero-order valence-electron chi connectivity index (χ0n) is 12.0. The number of anilines is 1. The summed E-state index contributed by atoms with van der Waals surface area (Å²) >= 11 is 0. The quantitative estimate of drug-likeness (QED) is 0.904. The van der Waals surface area contributed by atoms with E-state index in [-0.39, 0.29) is 6.04 Å². The molecule has 0 spiro atoms. The molecule has 3 unspecified atom stereocenters. The summed E-state index contributed by atoms with van der Waals surface area (Å²) in [6, 6.07) is 4.27. The van der Waals surface area contributed by atoms with Gasteiger partial charge in [0.25, 0.3) is 0 Å². The van der Waals surface area contributed by atoms with Crippen molar-refractivity contribution < 1.29 is 0 Å². The number of aromatic nitrogens is 1. The number of fused-ring (bicyclic) bond motifs is 2. The Morgan fingerprint density at radius 3 is 2.74 bits per heavy atom. The highest BCUT2D eigenvalue weighted by Crippen LogP contribution is 2.48. The lowest BCUT2D eigenvalue weighted by Gasteiger charge is -2.28. The average Bonchev–Trinajstić information content (AvgIpc) is 3.01. The van der Waals surface area contributed by atoms with E-state index >= 15 is 0 Å². The van der Waals surface area contributed by atoms with Gasteiger partial charge in [-0.3, -0.25) is 0 Å². The second-order valence-corrected chi connectivity index (χ2v) is 6.55. The number of pyridine rings is 1. The molecule has 1 aromatic heterocycles. The van der Waals surface area contributed by atoms with Crippen molar-refractivity contribution in [2.24, 2.45) is 23.5 Å². The first-order valence-electron chi connectivity index (χ1n) is 7.56. The lowest BCUT2D eigenvalue weighted by atomic mass is 9.88. The van der Waals surface area contributed by atoms with Crippen LogP contribution in [-0.2, 0) is 0 Å². The van der Waals surface area contributed by atoms with E-state index in [1.54, 1.807) is 0 Å². The molecule has 4 atom stereocenters. The van der Waals surface area contributed by atoms with Crippen LogP contribution >= 0.6 is 0 Å². The molecule has 2 aliphatic rings. The van der Waals surface area contributed by atoms with E-state index < -0.39 is 0 Å². The van der Waals surface area contributed by atoms with E-state index in [4.69, 9.17) is 5.73 Å². The van der Waals surface area contributed by atoms with E-state index in [0.717, 1.165) is 35.7 Å². The largest absolute Gasteiger partial charge is 0.359 e. The minimum atomic E-state index is 0.0671. The van der Waals surface area contributed by atoms with Crippen molar-refractivity contribution in [3.63, 3.8) is 0 Å². The van der Waals surface area contributed by atoms with Crippen LogP contribution in [0.5, 0.6) is 0 Å². The molecule has 1 aromatic rings. The molecule has 0 saturated heterocycles. The highest BCUT2D eigenvalue weighted by atomic mass is 15.2. The Morgan fingerprint density at radius 2 is 2.21 bits per heavy atom. The zero-order chi connectivity index (χ0) is 13.4. The lowest BCUT2D eigenvalue weighted by molar-refractivity contribution is 0.337. The first-order chi connectivity index (χ1) is 9.13. The van der Waals surface area contributed by atoms with Crippen LogP contribution in [0.1, 0.15) is 44.2 Å². The van der Waals surface area contributed by atoms with E-state index in [1.807, 2.05) is 13.1 Å². The zero-order valence-corrected chi connectivity index (χ0v) is 12.0. The molecule has 2 aliphatic carbocycles. The summed E-state index contributed by atoms with van der Waals surface area (Å²) < 4.78 is 0. The maximum Gasteiger partial charge on any atom is 0.128 e. The SMILES string of the molecule is C[C@@H](N)c1ccc(N(C)CC2CC3CCC2C3)nc1. The molecule has 2 N–H and O–H groups in total. The van der Waals surface area contributed by atoms with E-state index in [1.165, 1.54) is 25.7 Å². The predicted molar refractivity (Wildman–Crippen MR) is 79.0 cm³/mol. The molecule has 3 rings (SSSR count). The van der Waals surface area contributed by atoms with E-state index in [9.17, 15) is 0 Å². The van der Waals surface area contributed by atoms with Crippen LogP contribution < -0.4 is 10.6 Å². The van der Waals surface area contributed by atoms with Gasteiger partial charge in [-0.05, 0) is 55.6 Å². The Kier molecular flexibility index (Phi) is 3.48. The number of nitrogens with two attached hydrogens (primary N) is 1. The second kappa shape index (κ2) is 5.12. The fraction of sp³-hybridized carbons (Fsp3) is 0.688. The van der Waals surface area contributed by atoms with Crippen molar-refractivity contribution in [2.75, 3.05) is 18.5 Å². The fourth-order valence-electron chi connectivity index (χ4n) is 3.94. The molecule has 2 fully saturated rings. The number of nitrogens with zero attached hydrogens (tertiary/aromatic N) is 2. The van der Waals surface area contributed by atoms with Crippen molar-refractivity contribution in [3.8, 4) is 0 Å². The molecule has 0 amide bonds. The van der Waals surface area contributed by atoms with Crippen LogP contribution in [0.25, 0.3) is 0 Å². The summed E-state index contributed by atoms with van der Waals surface area (Å²) in [4.78, 5) is 6.87. The molecule has 3 heteroatoms. The normalized spacial score (nSPS) is 30.6. The topological polar surface area (TPSA) is 42.1 Å². The predicted octanol–water partition coefficient (Wildman–Crippen LogP) is 2.97. The molecule has 104 valence electrons. The van der Waals surface area contributed by atoms with E-state index in [2.05, 4.69) is 29.1 Å². The van der Waals surface area contributed by atoms with Gasteiger partial charge in [0.15, 0.2) is 0 Å². The molecule has 0 radical (unpaired) electrons. The summed E-state index contributed by atoms with van der Waals surface area (Å²) in [5.41, 5.74) is 6.97. The first-order valence-corrected chi connectivity index (χ1v) is 7.56. The van der Waals surface area contributed by atoms with Gasteiger partial charge in [0, 0.05) is 25.8 Å². The van der Waals surface area contributed by atoms with Crippen LogP contribution in [-0.4, -0.2) is 18.6 Å². The van der Waals surface area contributed by atoms with Gasteiger partial charge in [-0.25, -0.2) is 4.98 Å². The molecule has 3 nitrogen and oxygen atoms in total. The average molecular weight is 259 g/mol. The molecular formula is C16H25N3.